The van der Waals surface area contributed by atoms with Crippen LogP contribution in [0.2, 0.25) is 0 Å². The second-order valence-corrected chi connectivity index (χ2v) is 9.65. The van der Waals surface area contributed by atoms with E-state index >= 15 is 0 Å². The Hall–Kier alpha value is -2.61. The second kappa shape index (κ2) is 9.10. The molecule has 0 saturated carbocycles. The van der Waals surface area contributed by atoms with E-state index in [1.165, 1.54) is 22.7 Å². The molecule has 0 bridgehead atoms. The van der Waals surface area contributed by atoms with Crippen LogP contribution < -0.4 is 0 Å². The molecule has 1 aromatic heterocycles. The Morgan fingerprint density at radius 2 is 1.94 bits per heavy atom. The van der Waals surface area contributed by atoms with Crippen molar-refractivity contribution in [3.8, 4) is 11.3 Å². The maximum Gasteiger partial charge on any atom is 0.223 e. The van der Waals surface area contributed by atoms with Gasteiger partial charge in [0.05, 0.1) is 19.3 Å². The Labute approximate surface area is 193 Å². The van der Waals surface area contributed by atoms with Gasteiger partial charge in [-0.3, -0.25) is 9.69 Å². The van der Waals surface area contributed by atoms with E-state index in [9.17, 15) is 4.79 Å². The van der Waals surface area contributed by atoms with Crippen molar-refractivity contribution in [3.63, 3.8) is 0 Å². The summed E-state index contributed by atoms with van der Waals surface area (Å²) in [5, 5.41) is 6.11. The smallest absolute Gasteiger partial charge is 0.223 e. The van der Waals surface area contributed by atoms with Gasteiger partial charge in [-0.2, -0.15) is 0 Å². The highest BCUT2D eigenvalue weighted by molar-refractivity contribution is 7.03. The van der Waals surface area contributed by atoms with Crippen molar-refractivity contribution in [1.82, 2.24) is 19.4 Å². The summed E-state index contributed by atoms with van der Waals surface area (Å²) in [7, 11) is 0. The van der Waals surface area contributed by atoms with E-state index in [0.29, 0.717) is 19.6 Å². The van der Waals surface area contributed by atoms with Crippen molar-refractivity contribution >= 4 is 17.4 Å². The standard InChI is InChI=1S/C25H28N4O2S/c1-19(21-5-3-2-4-6-21)29-17-25(13-24(29)30)16-28(11-12-31-18-25)14-20-7-9-22(10-8-20)23-15-32-27-26-23/h2-10,15,19H,11-14,16-18H2,1H3. The van der Waals surface area contributed by atoms with Crippen LogP contribution in [0, 0.1) is 5.41 Å². The van der Waals surface area contributed by atoms with Crippen LogP contribution in [0.25, 0.3) is 11.3 Å². The molecule has 2 fully saturated rings. The van der Waals surface area contributed by atoms with Gasteiger partial charge in [-0.05, 0) is 29.6 Å². The molecule has 2 aliphatic heterocycles. The zero-order valence-electron chi connectivity index (χ0n) is 18.3. The zero-order chi connectivity index (χ0) is 22.0. The number of likely N-dealkylation sites (tertiary alicyclic amines) is 1. The first kappa shape index (κ1) is 21.2. The lowest BCUT2D eigenvalue weighted by Crippen LogP contribution is -2.40. The van der Waals surface area contributed by atoms with E-state index in [1.807, 2.05) is 28.5 Å². The molecule has 2 atom stereocenters. The van der Waals surface area contributed by atoms with Crippen LogP contribution in [0.1, 0.15) is 30.5 Å². The summed E-state index contributed by atoms with van der Waals surface area (Å²) in [4.78, 5) is 17.5. The van der Waals surface area contributed by atoms with Crippen LogP contribution in [-0.2, 0) is 16.1 Å². The van der Waals surface area contributed by atoms with Crippen molar-refractivity contribution in [2.75, 3.05) is 32.8 Å². The first-order valence-electron chi connectivity index (χ1n) is 11.1. The number of nitrogens with zero attached hydrogens (tertiary/aromatic N) is 4. The van der Waals surface area contributed by atoms with Gasteiger partial charge in [0, 0.05) is 49.0 Å². The average molecular weight is 449 g/mol. The minimum atomic E-state index is -0.150. The number of hydrogen-bond acceptors (Lipinski definition) is 6. The molecule has 3 aromatic rings. The Morgan fingerprint density at radius 3 is 2.69 bits per heavy atom. The Bertz CT molecular complexity index is 1040. The van der Waals surface area contributed by atoms with Crippen molar-refractivity contribution in [1.29, 1.82) is 0 Å². The van der Waals surface area contributed by atoms with Gasteiger partial charge in [0.25, 0.3) is 0 Å². The summed E-state index contributed by atoms with van der Waals surface area (Å²) in [6, 6.07) is 18.9. The molecule has 7 heteroatoms. The summed E-state index contributed by atoms with van der Waals surface area (Å²) in [5.41, 5.74) is 4.29. The van der Waals surface area contributed by atoms with Gasteiger partial charge in [0.2, 0.25) is 5.91 Å². The van der Waals surface area contributed by atoms with Crippen LogP contribution >= 0.6 is 11.5 Å². The Kier molecular flexibility index (Phi) is 6.04. The number of amides is 1. The monoisotopic (exact) mass is 448 g/mol. The lowest BCUT2D eigenvalue weighted by molar-refractivity contribution is -0.129. The van der Waals surface area contributed by atoms with E-state index < -0.39 is 0 Å². The predicted octanol–water partition coefficient (Wildman–Crippen LogP) is 4.02. The first-order chi connectivity index (χ1) is 15.6. The fourth-order valence-electron chi connectivity index (χ4n) is 4.94. The fourth-order valence-corrected chi connectivity index (χ4v) is 5.41. The van der Waals surface area contributed by atoms with E-state index in [1.54, 1.807) is 0 Å². The molecule has 2 aliphatic rings. The zero-order valence-corrected chi connectivity index (χ0v) is 19.1. The van der Waals surface area contributed by atoms with E-state index in [4.69, 9.17) is 4.74 Å². The molecule has 1 amide bonds. The SMILES string of the molecule is CC(c1ccccc1)N1CC2(COCCN(Cc3ccc(-c4csnn4)cc3)C2)CC1=O. The molecule has 2 aromatic carbocycles. The third-order valence-corrected chi connectivity index (χ3v) is 7.14. The number of ether oxygens (including phenoxy) is 1. The molecule has 1 spiro atoms. The van der Waals surface area contributed by atoms with E-state index in [0.717, 1.165) is 37.4 Å². The van der Waals surface area contributed by atoms with Gasteiger partial charge in [-0.25, -0.2) is 0 Å². The fraction of sp³-hybridized carbons (Fsp3) is 0.400. The predicted molar refractivity (Wildman–Crippen MR) is 125 cm³/mol. The molecule has 3 heterocycles. The van der Waals surface area contributed by atoms with Crippen molar-refractivity contribution < 1.29 is 9.53 Å². The van der Waals surface area contributed by atoms with Gasteiger partial charge in [-0.1, -0.05) is 59.1 Å². The number of hydrogen-bond donors (Lipinski definition) is 0. The summed E-state index contributed by atoms with van der Waals surface area (Å²) in [6.07, 6.45) is 0.552. The number of benzene rings is 2. The molecular weight excluding hydrogens is 420 g/mol. The molecule has 0 radical (unpaired) electrons. The van der Waals surface area contributed by atoms with Crippen molar-refractivity contribution in [2.45, 2.75) is 25.9 Å². The molecule has 2 saturated heterocycles. The largest absolute Gasteiger partial charge is 0.379 e. The van der Waals surface area contributed by atoms with Crippen LogP contribution in [0.5, 0.6) is 0 Å². The second-order valence-electron chi connectivity index (χ2n) is 9.04. The third-order valence-electron chi connectivity index (χ3n) is 6.64. The van der Waals surface area contributed by atoms with E-state index in [2.05, 4.69) is 57.8 Å². The van der Waals surface area contributed by atoms with Crippen LogP contribution in [0.3, 0.4) is 0 Å². The maximum atomic E-state index is 13.0. The molecule has 0 aliphatic carbocycles. The van der Waals surface area contributed by atoms with Gasteiger partial charge in [0.1, 0.15) is 5.69 Å². The molecule has 0 N–H and O–H groups in total. The Morgan fingerprint density at radius 1 is 1.12 bits per heavy atom. The van der Waals surface area contributed by atoms with Crippen LogP contribution in [0.4, 0.5) is 0 Å². The third kappa shape index (κ3) is 4.46. The van der Waals surface area contributed by atoms with Crippen molar-refractivity contribution in [2.24, 2.45) is 5.41 Å². The van der Waals surface area contributed by atoms with Gasteiger partial charge in [0.15, 0.2) is 0 Å². The summed E-state index contributed by atoms with van der Waals surface area (Å²) in [6.45, 7) is 6.81. The normalized spacial score (nSPS) is 22.9. The van der Waals surface area contributed by atoms with Gasteiger partial charge >= 0.3 is 0 Å². The number of rotatable bonds is 5. The average Bonchev–Trinajstić information content (AvgIpc) is 3.41. The summed E-state index contributed by atoms with van der Waals surface area (Å²) >= 11 is 1.37. The van der Waals surface area contributed by atoms with Gasteiger partial charge in [-0.15, -0.1) is 5.10 Å². The van der Waals surface area contributed by atoms with Crippen molar-refractivity contribution in [3.05, 3.63) is 71.1 Å². The minimum absolute atomic E-state index is 0.0764. The molecule has 32 heavy (non-hydrogen) atoms. The molecule has 5 rings (SSSR count). The highest BCUT2D eigenvalue weighted by Gasteiger charge is 2.46. The minimum Gasteiger partial charge on any atom is -0.379 e. The summed E-state index contributed by atoms with van der Waals surface area (Å²) < 4.78 is 9.96. The Balaban J connectivity index is 1.28. The number of aromatic nitrogens is 2. The quantitative estimate of drug-likeness (QED) is 0.590. The highest BCUT2D eigenvalue weighted by atomic mass is 32.1. The molecule has 2 unspecified atom stereocenters. The first-order valence-corrected chi connectivity index (χ1v) is 12.0. The van der Waals surface area contributed by atoms with Crippen LogP contribution in [0.15, 0.2) is 60.0 Å². The number of carbonyl (C=O) groups is 1. The van der Waals surface area contributed by atoms with E-state index in [-0.39, 0.29) is 17.4 Å². The highest BCUT2D eigenvalue weighted by Crippen LogP contribution is 2.38. The molecule has 6 nitrogen and oxygen atoms in total. The molecular formula is C25H28N4O2S. The topological polar surface area (TPSA) is 58.6 Å². The van der Waals surface area contributed by atoms with Crippen LogP contribution in [-0.4, -0.2) is 58.1 Å². The number of carbonyl (C=O) groups excluding carboxylic acids is 1. The lowest BCUT2D eigenvalue weighted by Gasteiger charge is -2.33. The lowest BCUT2D eigenvalue weighted by atomic mass is 9.87. The molecule has 166 valence electrons. The summed E-state index contributed by atoms with van der Waals surface area (Å²) in [5.74, 6) is 0.230. The van der Waals surface area contributed by atoms with Gasteiger partial charge < -0.3 is 9.64 Å². The maximum absolute atomic E-state index is 13.0.